The highest BCUT2D eigenvalue weighted by molar-refractivity contribution is 7.91. The van der Waals surface area contributed by atoms with Crippen molar-refractivity contribution in [2.24, 2.45) is 4.99 Å². The molecular formula is C27H24ClF3N4O2S. The molecule has 1 fully saturated rings. The number of halogens is 4. The van der Waals surface area contributed by atoms with E-state index in [0.717, 1.165) is 17.0 Å². The molecule has 3 unspecified atom stereocenters. The molecule has 1 aromatic carbocycles. The fraction of sp³-hybridized carbons (Fsp3) is 0.222. The molecule has 0 saturated heterocycles. The van der Waals surface area contributed by atoms with Crippen molar-refractivity contribution in [3.05, 3.63) is 110 Å². The van der Waals surface area contributed by atoms with Crippen LogP contribution in [0, 0.1) is 23.3 Å². The lowest BCUT2D eigenvalue weighted by Gasteiger charge is -2.13. The van der Waals surface area contributed by atoms with Crippen LogP contribution in [0.15, 0.2) is 75.4 Å². The Morgan fingerprint density at radius 3 is 2.66 bits per heavy atom. The van der Waals surface area contributed by atoms with Crippen LogP contribution in [-0.4, -0.2) is 25.7 Å². The third-order valence-corrected chi connectivity index (χ3v) is 7.73. The molecule has 1 saturated carbocycles. The lowest BCUT2D eigenvalue weighted by Crippen LogP contribution is -2.21. The van der Waals surface area contributed by atoms with Gasteiger partial charge < -0.3 is 0 Å². The summed E-state index contributed by atoms with van der Waals surface area (Å²) < 4.78 is 65.9. The number of aromatic nitrogens is 2. The molecule has 38 heavy (non-hydrogen) atoms. The second-order valence-electron chi connectivity index (χ2n) is 8.95. The van der Waals surface area contributed by atoms with Crippen molar-refractivity contribution in [1.29, 1.82) is 4.78 Å². The molecule has 3 atom stereocenters. The first-order valence-corrected chi connectivity index (χ1v) is 13.9. The van der Waals surface area contributed by atoms with Crippen molar-refractivity contribution in [1.82, 2.24) is 9.55 Å². The van der Waals surface area contributed by atoms with Crippen molar-refractivity contribution in [2.75, 3.05) is 6.26 Å². The van der Waals surface area contributed by atoms with Crippen LogP contribution in [0.3, 0.4) is 0 Å². The lowest BCUT2D eigenvalue weighted by atomic mass is 10.1. The number of nitrogens with zero attached hydrogens (tertiary/aromatic N) is 3. The first-order chi connectivity index (χ1) is 18.0. The maximum atomic E-state index is 15.6. The second-order valence-corrected chi connectivity index (χ2v) is 11.5. The Bertz CT molecular complexity index is 1680. The minimum atomic E-state index is -3.44. The maximum Gasteiger partial charge on any atom is 0.273 e. The highest BCUT2D eigenvalue weighted by atomic mass is 35.5. The average molecular weight is 561 g/mol. The first kappa shape index (κ1) is 27.5. The number of allylic oxidation sites excluding steroid dienone is 2. The van der Waals surface area contributed by atoms with E-state index in [1.165, 1.54) is 48.8 Å². The molecule has 1 aliphatic carbocycles. The van der Waals surface area contributed by atoms with Gasteiger partial charge in [0.1, 0.15) is 22.4 Å². The number of hydrogen-bond donors (Lipinski definition) is 1. The molecule has 2 aromatic heterocycles. The van der Waals surface area contributed by atoms with Gasteiger partial charge in [-0.3, -0.25) is 19.3 Å². The standard InChI is InChI=1S/C27H24ClF3N4O2S/c1-4-10-33-25(16-7-5-9-22(24(16)31)38(3,32)37)21(30)14-35-15(2)12-18(23(28)27(35)36)17-13-19(17)26-20(29)8-6-11-34-26/h4-12,14,17,19,32H,13H2,1-3H3/b10-4+,21-14-,33-25+. The van der Waals surface area contributed by atoms with E-state index in [2.05, 4.69) is 9.98 Å². The van der Waals surface area contributed by atoms with Gasteiger partial charge in [0.15, 0.2) is 5.83 Å². The molecular weight excluding hydrogens is 537 g/mol. The van der Waals surface area contributed by atoms with Crippen molar-refractivity contribution in [3.8, 4) is 0 Å². The number of benzene rings is 1. The summed E-state index contributed by atoms with van der Waals surface area (Å²) in [5, 5.41) is -0.136. The Morgan fingerprint density at radius 2 is 2.00 bits per heavy atom. The van der Waals surface area contributed by atoms with Crippen LogP contribution in [-0.2, 0) is 9.73 Å². The number of hydrogen-bond acceptors (Lipinski definition) is 5. The van der Waals surface area contributed by atoms with Gasteiger partial charge in [0.25, 0.3) is 5.56 Å². The lowest BCUT2D eigenvalue weighted by molar-refractivity contribution is 0.590. The minimum absolute atomic E-state index is 0.136. The predicted molar refractivity (Wildman–Crippen MR) is 143 cm³/mol. The molecule has 3 aromatic rings. The molecule has 0 bridgehead atoms. The number of aliphatic imine (C=N–C) groups is 1. The monoisotopic (exact) mass is 560 g/mol. The molecule has 11 heteroatoms. The Labute approximate surface area is 223 Å². The Hall–Kier alpha value is -3.50. The van der Waals surface area contributed by atoms with E-state index in [4.69, 9.17) is 16.4 Å². The van der Waals surface area contributed by atoms with Crippen molar-refractivity contribution in [2.45, 2.75) is 37.0 Å². The van der Waals surface area contributed by atoms with Gasteiger partial charge in [0, 0.05) is 35.8 Å². The van der Waals surface area contributed by atoms with Crippen LogP contribution in [0.2, 0.25) is 5.02 Å². The van der Waals surface area contributed by atoms with Crippen LogP contribution >= 0.6 is 11.6 Å². The van der Waals surface area contributed by atoms with Gasteiger partial charge in [-0.1, -0.05) is 23.7 Å². The summed E-state index contributed by atoms with van der Waals surface area (Å²) in [6.45, 7) is 3.22. The smallest absolute Gasteiger partial charge is 0.273 e. The fourth-order valence-electron chi connectivity index (χ4n) is 4.27. The van der Waals surface area contributed by atoms with Crippen molar-refractivity contribution in [3.63, 3.8) is 0 Å². The number of pyridine rings is 2. The van der Waals surface area contributed by atoms with Crippen LogP contribution < -0.4 is 5.56 Å². The SMILES string of the molecule is C/C=C/N=C(/C(F)=C/n1c(C)cc(C2CC2c2ncccc2F)c(Cl)c1=O)c1cccc(S(C)(=N)=O)c1F. The Balaban J connectivity index is 1.76. The van der Waals surface area contributed by atoms with E-state index in [-0.39, 0.29) is 27.3 Å². The molecule has 1 N–H and O–H groups in total. The summed E-state index contributed by atoms with van der Waals surface area (Å²) in [5.41, 5.74) is -0.304. The molecule has 4 rings (SSSR count). The van der Waals surface area contributed by atoms with Crippen molar-refractivity contribution >= 4 is 33.2 Å². The molecule has 0 radical (unpaired) electrons. The van der Waals surface area contributed by atoms with Crippen LogP contribution in [0.4, 0.5) is 13.2 Å². The quantitative estimate of drug-likeness (QED) is 0.331. The normalized spacial score (nSPS) is 19.6. The zero-order chi connectivity index (χ0) is 27.8. The van der Waals surface area contributed by atoms with Gasteiger partial charge in [0.05, 0.1) is 26.5 Å². The summed E-state index contributed by atoms with van der Waals surface area (Å²) >= 11 is 6.40. The third kappa shape index (κ3) is 5.37. The summed E-state index contributed by atoms with van der Waals surface area (Å²) in [5.74, 6) is -2.96. The highest BCUT2D eigenvalue weighted by Crippen LogP contribution is 2.55. The van der Waals surface area contributed by atoms with Gasteiger partial charge in [-0.05, 0) is 62.1 Å². The number of aryl methyl sites for hydroxylation is 1. The minimum Gasteiger partial charge on any atom is -0.284 e. The molecule has 6 nitrogen and oxygen atoms in total. The van der Waals surface area contributed by atoms with Crippen LogP contribution in [0.1, 0.15) is 47.7 Å². The van der Waals surface area contributed by atoms with Gasteiger partial charge in [0.2, 0.25) is 0 Å². The van der Waals surface area contributed by atoms with Gasteiger partial charge in [-0.2, -0.15) is 0 Å². The zero-order valence-electron chi connectivity index (χ0n) is 20.7. The molecule has 1 aliphatic rings. The molecule has 0 amide bonds. The molecule has 198 valence electrons. The van der Waals surface area contributed by atoms with Gasteiger partial charge in [-0.25, -0.2) is 22.2 Å². The highest BCUT2D eigenvalue weighted by Gasteiger charge is 2.43. The summed E-state index contributed by atoms with van der Waals surface area (Å²) in [6, 6.07) is 8.25. The van der Waals surface area contributed by atoms with Gasteiger partial charge >= 0.3 is 0 Å². The van der Waals surface area contributed by atoms with Crippen LogP contribution in [0.5, 0.6) is 0 Å². The van der Waals surface area contributed by atoms with E-state index < -0.39 is 38.5 Å². The third-order valence-electron chi connectivity index (χ3n) is 6.19. The topological polar surface area (TPSA) is 88.2 Å². The van der Waals surface area contributed by atoms with E-state index in [1.807, 2.05) is 0 Å². The second kappa shape index (κ2) is 10.7. The molecule has 0 aliphatic heterocycles. The van der Waals surface area contributed by atoms with Crippen LogP contribution in [0.25, 0.3) is 6.20 Å². The summed E-state index contributed by atoms with van der Waals surface area (Å²) in [4.78, 5) is 20.9. The Morgan fingerprint density at radius 1 is 1.26 bits per heavy atom. The summed E-state index contributed by atoms with van der Waals surface area (Å²) in [7, 11) is -3.44. The average Bonchev–Trinajstić information content (AvgIpc) is 3.65. The largest absolute Gasteiger partial charge is 0.284 e. The fourth-order valence-corrected chi connectivity index (χ4v) is 5.34. The van der Waals surface area contributed by atoms with E-state index in [0.29, 0.717) is 23.4 Å². The maximum absolute atomic E-state index is 15.6. The predicted octanol–water partition coefficient (Wildman–Crippen LogP) is 6.58. The first-order valence-electron chi connectivity index (χ1n) is 11.6. The number of nitrogens with one attached hydrogen (secondary N) is 1. The number of rotatable bonds is 7. The molecule has 2 heterocycles. The molecule has 0 spiro atoms. The van der Waals surface area contributed by atoms with E-state index >= 15 is 8.78 Å². The van der Waals surface area contributed by atoms with Crippen molar-refractivity contribution < 1.29 is 17.4 Å². The summed E-state index contributed by atoms with van der Waals surface area (Å²) in [6.07, 6.45) is 6.72. The zero-order valence-corrected chi connectivity index (χ0v) is 22.3. The van der Waals surface area contributed by atoms with Gasteiger partial charge in [-0.15, -0.1) is 0 Å². The Kier molecular flexibility index (Phi) is 7.75. The van der Waals surface area contributed by atoms with E-state index in [9.17, 15) is 13.4 Å². The van der Waals surface area contributed by atoms with E-state index in [1.54, 1.807) is 19.9 Å².